The quantitative estimate of drug-likeness (QED) is 0.454. The Morgan fingerprint density at radius 1 is 1.32 bits per heavy atom. The number of aromatic nitrogens is 1. The summed E-state index contributed by atoms with van der Waals surface area (Å²) in [5.41, 5.74) is 1.24. The van der Waals surface area contributed by atoms with Gasteiger partial charge < -0.3 is 14.6 Å². The van der Waals surface area contributed by atoms with Crippen molar-refractivity contribution in [2.24, 2.45) is 13.0 Å². The molecule has 0 saturated carbocycles. The molecule has 6 heteroatoms. The van der Waals surface area contributed by atoms with Gasteiger partial charge in [0.1, 0.15) is 0 Å². The van der Waals surface area contributed by atoms with Crippen molar-refractivity contribution in [1.29, 1.82) is 5.26 Å². The second-order valence-corrected chi connectivity index (χ2v) is 6.14. The van der Waals surface area contributed by atoms with Crippen molar-refractivity contribution in [1.82, 2.24) is 9.88 Å². The average Bonchev–Trinajstić information content (AvgIpc) is 2.92. The van der Waals surface area contributed by atoms with Crippen LogP contribution in [0, 0.1) is 17.2 Å². The maximum absolute atomic E-state index is 12.7. The lowest BCUT2D eigenvalue weighted by atomic mass is 10.0. The minimum atomic E-state index is -1.35. The second kappa shape index (κ2) is 8.45. The third-order valence-electron chi connectivity index (χ3n) is 3.93. The van der Waals surface area contributed by atoms with Gasteiger partial charge in [-0.15, -0.1) is 0 Å². The van der Waals surface area contributed by atoms with Crippen LogP contribution in [-0.4, -0.2) is 35.5 Å². The topological polar surface area (TPSA) is 84.1 Å². The summed E-state index contributed by atoms with van der Waals surface area (Å²) < 4.78 is 7.10. The van der Waals surface area contributed by atoms with E-state index in [9.17, 15) is 14.9 Å². The molecule has 0 spiro atoms. The number of para-hydroxylation sites is 1. The van der Waals surface area contributed by atoms with E-state index >= 15 is 0 Å². The molecule has 1 aromatic carbocycles. The Hall–Kier alpha value is -2.65. The highest BCUT2D eigenvalue weighted by Gasteiger charge is 2.29. The molecule has 2 aromatic rings. The summed E-state index contributed by atoms with van der Waals surface area (Å²) in [6.07, 6.45) is 0.764. The normalized spacial score (nSPS) is 12.1. The fourth-order valence-electron chi connectivity index (χ4n) is 2.61. The van der Waals surface area contributed by atoms with Crippen molar-refractivity contribution < 1.29 is 14.3 Å². The number of aryl methyl sites for hydroxylation is 1. The van der Waals surface area contributed by atoms with Gasteiger partial charge in [-0.2, -0.15) is 5.26 Å². The Kier molecular flexibility index (Phi) is 6.31. The molecule has 0 radical (unpaired) electrons. The first kappa shape index (κ1) is 18.7. The van der Waals surface area contributed by atoms with Gasteiger partial charge in [0.25, 0.3) is 0 Å². The van der Waals surface area contributed by atoms with E-state index in [2.05, 4.69) is 5.32 Å². The third kappa shape index (κ3) is 4.46. The number of nitriles is 1. The third-order valence-corrected chi connectivity index (χ3v) is 3.93. The molecule has 0 aliphatic carbocycles. The predicted molar refractivity (Wildman–Crippen MR) is 95.1 cm³/mol. The largest absolute Gasteiger partial charge is 0.379 e. The van der Waals surface area contributed by atoms with Crippen LogP contribution in [0.15, 0.2) is 30.3 Å². The number of hydrogen-bond donors (Lipinski definition) is 1. The number of ether oxygens (including phenoxy) is 1. The van der Waals surface area contributed by atoms with Crippen LogP contribution in [0.3, 0.4) is 0 Å². The van der Waals surface area contributed by atoms with Gasteiger partial charge in [0.15, 0.2) is 5.92 Å². The predicted octanol–water partition coefficient (Wildman–Crippen LogP) is 2.43. The highest BCUT2D eigenvalue weighted by molar-refractivity contribution is 6.13. The molecule has 0 aliphatic heterocycles. The maximum atomic E-state index is 12.7. The van der Waals surface area contributed by atoms with Crippen molar-refractivity contribution in [3.63, 3.8) is 0 Å². The number of benzene rings is 1. The molecule has 6 nitrogen and oxygen atoms in total. The van der Waals surface area contributed by atoms with Crippen LogP contribution in [0.5, 0.6) is 0 Å². The molecule has 1 N–H and O–H groups in total. The van der Waals surface area contributed by atoms with E-state index < -0.39 is 17.6 Å². The Balaban J connectivity index is 2.03. The van der Waals surface area contributed by atoms with Crippen LogP contribution in [0.1, 0.15) is 30.8 Å². The Labute approximate surface area is 147 Å². The molecule has 1 atom stereocenters. The number of amides is 1. The molecule has 2 rings (SSSR count). The molecule has 1 aromatic heterocycles. The van der Waals surface area contributed by atoms with E-state index in [1.807, 2.05) is 44.2 Å². The fourth-order valence-corrected chi connectivity index (χ4v) is 2.61. The van der Waals surface area contributed by atoms with Gasteiger partial charge in [0, 0.05) is 31.1 Å². The Morgan fingerprint density at radius 2 is 2.04 bits per heavy atom. The lowest BCUT2D eigenvalue weighted by molar-refractivity contribution is -0.122. The first-order valence-corrected chi connectivity index (χ1v) is 8.33. The molecule has 0 saturated heterocycles. The van der Waals surface area contributed by atoms with E-state index in [1.165, 1.54) is 0 Å². The van der Waals surface area contributed by atoms with Crippen LogP contribution in [0.4, 0.5) is 0 Å². The lowest BCUT2D eigenvalue weighted by Crippen LogP contribution is -2.36. The molecule has 1 heterocycles. The van der Waals surface area contributed by atoms with Crippen LogP contribution < -0.4 is 5.32 Å². The van der Waals surface area contributed by atoms with Crippen molar-refractivity contribution in [3.8, 4) is 6.07 Å². The second-order valence-electron chi connectivity index (χ2n) is 6.14. The summed E-state index contributed by atoms with van der Waals surface area (Å²) in [5, 5.41) is 12.8. The molecule has 132 valence electrons. The Bertz CT molecular complexity index is 802. The van der Waals surface area contributed by atoms with Gasteiger partial charge in [-0.25, -0.2) is 0 Å². The molecule has 1 unspecified atom stereocenters. The summed E-state index contributed by atoms with van der Waals surface area (Å²) in [6, 6.07) is 11.1. The van der Waals surface area contributed by atoms with Crippen molar-refractivity contribution in [3.05, 3.63) is 36.0 Å². The number of nitrogens with zero attached hydrogens (tertiary/aromatic N) is 2. The maximum Gasteiger partial charge on any atom is 0.245 e. The summed E-state index contributed by atoms with van der Waals surface area (Å²) in [7, 11) is 1.76. The molecular formula is C19H23N3O3. The average molecular weight is 341 g/mol. The van der Waals surface area contributed by atoms with E-state index in [0.717, 1.165) is 10.9 Å². The van der Waals surface area contributed by atoms with Crippen LogP contribution in [0.25, 0.3) is 10.9 Å². The highest BCUT2D eigenvalue weighted by Crippen LogP contribution is 2.20. The summed E-state index contributed by atoms with van der Waals surface area (Å²) in [6.45, 7) is 4.76. The van der Waals surface area contributed by atoms with Gasteiger partial charge in [-0.1, -0.05) is 18.2 Å². The van der Waals surface area contributed by atoms with Gasteiger partial charge in [-0.3, -0.25) is 9.59 Å². The Morgan fingerprint density at radius 3 is 2.68 bits per heavy atom. The summed E-state index contributed by atoms with van der Waals surface area (Å²) in [5.74, 6) is -2.41. The molecular weight excluding hydrogens is 318 g/mol. The number of carbonyl (C=O) groups excluding carboxylic acids is 2. The van der Waals surface area contributed by atoms with E-state index in [4.69, 9.17) is 4.74 Å². The minimum absolute atomic E-state index is 0.135. The van der Waals surface area contributed by atoms with E-state index in [1.54, 1.807) is 17.7 Å². The zero-order valence-corrected chi connectivity index (χ0v) is 14.8. The minimum Gasteiger partial charge on any atom is -0.379 e. The van der Waals surface area contributed by atoms with Crippen molar-refractivity contribution in [2.75, 3.05) is 13.2 Å². The monoisotopic (exact) mass is 341 g/mol. The number of ketones is 1. The van der Waals surface area contributed by atoms with Gasteiger partial charge in [-0.05, 0) is 32.4 Å². The standard InChI is InChI=1S/C19H23N3O3/c1-13(2)25-10-6-9-21-19(24)15(12-20)18(23)17-11-14-7-4-5-8-16(14)22(17)3/h4-5,7-8,11,13,15H,6,9-10H2,1-3H3,(H,21,24). The SMILES string of the molecule is CC(C)OCCCNC(=O)C(C#N)C(=O)c1cc2ccccc2n1C. The number of carbonyl (C=O) groups is 2. The molecule has 0 bridgehead atoms. The molecule has 0 aliphatic rings. The summed E-state index contributed by atoms with van der Waals surface area (Å²) in [4.78, 5) is 24.9. The zero-order valence-electron chi connectivity index (χ0n) is 14.8. The van der Waals surface area contributed by atoms with Crippen LogP contribution in [0.2, 0.25) is 0 Å². The zero-order chi connectivity index (χ0) is 18.4. The molecule has 0 fully saturated rings. The van der Waals surface area contributed by atoms with Crippen molar-refractivity contribution in [2.45, 2.75) is 26.4 Å². The number of rotatable bonds is 8. The number of nitrogens with one attached hydrogen (secondary N) is 1. The number of fused-ring (bicyclic) bond motifs is 1. The van der Waals surface area contributed by atoms with Gasteiger partial charge in [0.2, 0.25) is 11.7 Å². The molecule has 25 heavy (non-hydrogen) atoms. The first-order chi connectivity index (χ1) is 12.0. The number of hydrogen-bond acceptors (Lipinski definition) is 4. The first-order valence-electron chi connectivity index (χ1n) is 8.33. The molecule has 1 amide bonds. The van der Waals surface area contributed by atoms with Gasteiger partial charge >= 0.3 is 0 Å². The summed E-state index contributed by atoms with van der Waals surface area (Å²) >= 11 is 0. The van der Waals surface area contributed by atoms with Gasteiger partial charge in [0.05, 0.1) is 17.9 Å². The van der Waals surface area contributed by atoms with Crippen LogP contribution in [-0.2, 0) is 16.6 Å². The van der Waals surface area contributed by atoms with Crippen LogP contribution >= 0.6 is 0 Å². The van der Waals surface area contributed by atoms with Crippen molar-refractivity contribution >= 4 is 22.6 Å². The lowest BCUT2D eigenvalue weighted by Gasteiger charge is -2.11. The van der Waals surface area contributed by atoms with E-state index in [-0.39, 0.29) is 6.10 Å². The number of Topliss-reactive ketones (excluding diaryl/α,β-unsaturated/α-hetero) is 1. The highest BCUT2D eigenvalue weighted by atomic mass is 16.5. The fraction of sp³-hybridized carbons (Fsp3) is 0.421. The van der Waals surface area contributed by atoms with E-state index in [0.29, 0.717) is 25.3 Å². The smallest absolute Gasteiger partial charge is 0.245 e.